The van der Waals surface area contributed by atoms with Crippen molar-refractivity contribution in [1.82, 2.24) is 25.1 Å². The molecule has 9 heteroatoms. The molecule has 0 radical (unpaired) electrons. The molecule has 3 aromatic rings. The van der Waals surface area contributed by atoms with Gasteiger partial charge in [-0.3, -0.25) is 9.48 Å². The molecule has 0 bridgehead atoms. The van der Waals surface area contributed by atoms with E-state index in [-0.39, 0.29) is 12.0 Å². The summed E-state index contributed by atoms with van der Waals surface area (Å²) in [5.74, 6) is 0.517. The van der Waals surface area contributed by atoms with Crippen LogP contribution in [-0.2, 0) is 19.9 Å². The van der Waals surface area contributed by atoms with Crippen molar-refractivity contribution in [1.29, 1.82) is 0 Å². The number of benzene rings is 1. The molecule has 162 valence electrons. The third kappa shape index (κ3) is 4.70. The highest BCUT2D eigenvalue weighted by Crippen LogP contribution is 2.39. The molecule has 0 saturated carbocycles. The predicted molar refractivity (Wildman–Crippen MR) is 122 cm³/mol. The first-order valence-corrected chi connectivity index (χ1v) is 11.8. The summed E-state index contributed by atoms with van der Waals surface area (Å²) in [7, 11) is 1.78. The Morgan fingerprint density at radius 1 is 1.39 bits per heavy atom. The lowest BCUT2D eigenvalue weighted by Crippen LogP contribution is -2.35. The Morgan fingerprint density at radius 2 is 2.23 bits per heavy atom. The zero-order valence-electron chi connectivity index (χ0n) is 17.7. The minimum atomic E-state index is -0.179. The maximum absolute atomic E-state index is 12.6. The number of fused-ring (bicyclic) bond motifs is 1. The van der Waals surface area contributed by atoms with E-state index < -0.39 is 0 Å². The maximum Gasteiger partial charge on any atom is 0.269 e. The van der Waals surface area contributed by atoms with Gasteiger partial charge in [0.15, 0.2) is 5.16 Å². The van der Waals surface area contributed by atoms with Gasteiger partial charge >= 0.3 is 0 Å². The van der Waals surface area contributed by atoms with Crippen LogP contribution in [0.2, 0.25) is 5.02 Å². The topological polar surface area (TPSA) is 81.9 Å². The first-order valence-electron chi connectivity index (χ1n) is 10.2. The Morgan fingerprint density at radius 3 is 3.00 bits per heavy atom. The molecule has 3 heterocycles. The summed E-state index contributed by atoms with van der Waals surface area (Å²) in [5.41, 5.74) is 4.23. The molecule has 1 atom stereocenters. The number of amides is 1. The monoisotopic (exact) mass is 457 g/mol. The van der Waals surface area contributed by atoms with Crippen molar-refractivity contribution in [3.05, 3.63) is 52.4 Å². The molecule has 0 saturated heterocycles. The second kappa shape index (κ2) is 9.28. The van der Waals surface area contributed by atoms with Gasteiger partial charge in [0.25, 0.3) is 5.91 Å². The fraction of sp³-hybridized carbons (Fsp3) is 0.364. The van der Waals surface area contributed by atoms with Gasteiger partial charge < -0.3 is 10.1 Å². The summed E-state index contributed by atoms with van der Waals surface area (Å²) in [6.07, 6.45) is 6.01. The van der Waals surface area contributed by atoms with Crippen molar-refractivity contribution < 1.29 is 9.53 Å². The number of ether oxygens (including phenoxy) is 1. The number of hydrogen-bond donors (Lipinski definition) is 1. The molecule has 7 nitrogen and oxygen atoms in total. The van der Waals surface area contributed by atoms with Crippen LogP contribution in [0.1, 0.15) is 35.1 Å². The normalized spacial score (nSPS) is 14.9. The first kappa shape index (κ1) is 21.6. The van der Waals surface area contributed by atoms with Gasteiger partial charge in [-0.2, -0.15) is 5.10 Å². The fourth-order valence-corrected chi connectivity index (χ4v) is 4.30. The SMILES string of the molecule is CCCc1cc(C(=O)NCC2Cc3cc(-c4ccnc(SC)n4)cc(Cl)c3O2)n(C)n1. The lowest BCUT2D eigenvalue weighted by Gasteiger charge is -2.12. The van der Waals surface area contributed by atoms with E-state index in [1.807, 2.05) is 30.5 Å². The minimum absolute atomic E-state index is 0.158. The van der Waals surface area contributed by atoms with Gasteiger partial charge in [0.1, 0.15) is 17.5 Å². The summed E-state index contributed by atoms with van der Waals surface area (Å²) in [6.45, 7) is 2.48. The van der Waals surface area contributed by atoms with Crippen LogP contribution in [0.3, 0.4) is 0 Å². The molecular weight excluding hydrogens is 434 g/mol. The van der Waals surface area contributed by atoms with Gasteiger partial charge in [0, 0.05) is 30.8 Å². The Labute approximate surface area is 190 Å². The number of aryl methyl sites for hydroxylation is 2. The summed E-state index contributed by atoms with van der Waals surface area (Å²) >= 11 is 8.00. The number of carbonyl (C=O) groups is 1. The Bertz CT molecular complexity index is 1120. The molecular formula is C22H24ClN5O2S. The van der Waals surface area contributed by atoms with Crippen LogP contribution in [-0.4, -0.2) is 44.6 Å². The molecule has 1 unspecified atom stereocenters. The van der Waals surface area contributed by atoms with E-state index >= 15 is 0 Å². The zero-order valence-corrected chi connectivity index (χ0v) is 19.3. The lowest BCUT2D eigenvalue weighted by molar-refractivity contribution is 0.0924. The number of nitrogens with one attached hydrogen (secondary N) is 1. The summed E-state index contributed by atoms with van der Waals surface area (Å²) in [4.78, 5) is 21.4. The third-order valence-corrected chi connectivity index (χ3v) is 5.97. The van der Waals surface area contributed by atoms with Crippen LogP contribution in [0.25, 0.3) is 11.3 Å². The summed E-state index contributed by atoms with van der Waals surface area (Å²) in [6, 6.07) is 7.62. The van der Waals surface area contributed by atoms with Crippen LogP contribution in [0.15, 0.2) is 35.6 Å². The predicted octanol–water partition coefficient (Wildman–Crippen LogP) is 3.94. The number of hydrogen-bond acceptors (Lipinski definition) is 6. The van der Waals surface area contributed by atoms with E-state index in [9.17, 15) is 4.79 Å². The lowest BCUT2D eigenvalue weighted by atomic mass is 10.0. The van der Waals surface area contributed by atoms with Crippen molar-refractivity contribution in [3.63, 3.8) is 0 Å². The van der Waals surface area contributed by atoms with Crippen molar-refractivity contribution in [2.45, 2.75) is 37.4 Å². The number of halogens is 1. The highest BCUT2D eigenvalue weighted by Gasteiger charge is 2.27. The molecule has 4 rings (SSSR count). The van der Waals surface area contributed by atoms with Gasteiger partial charge in [0.2, 0.25) is 0 Å². The maximum atomic E-state index is 12.6. The van der Waals surface area contributed by atoms with Crippen LogP contribution < -0.4 is 10.1 Å². The first-order chi connectivity index (χ1) is 15.0. The molecule has 0 aliphatic carbocycles. The molecule has 1 aliphatic heterocycles. The van der Waals surface area contributed by atoms with Gasteiger partial charge in [-0.25, -0.2) is 9.97 Å². The summed E-state index contributed by atoms with van der Waals surface area (Å²) in [5, 5.41) is 8.61. The fourth-order valence-electron chi connectivity index (χ4n) is 3.66. The smallest absolute Gasteiger partial charge is 0.269 e. The molecule has 0 fully saturated rings. The molecule has 2 aromatic heterocycles. The Hall–Kier alpha value is -2.58. The Kier molecular flexibility index (Phi) is 6.48. The minimum Gasteiger partial charge on any atom is -0.486 e. The second-order valence-electron chi connectivity index (χ2n) is 7.42. The van der Waals surface area contributed by atoms with Gasteiger partial charge in [-0.1, -0.05) is 36.7 Å². The van der Waals surface area contributed by atoms with Crippen LogP contribution >= 0.6 is 23.4 Å². The zero-order chi connectivity index (χ0) is 22.0. The third-order valence-electron chi connectivity index (χ3n) is 5.12. The van der Waals surface area contributed by atoms with Crippen molar-refractivity contribution in [2.24, 2.45) is 7.05 Å². The van der Waals surface area contributed by atoms with Crippen LogP contribution in [0.4, 0.5) is 0 Å². The molecule has 1 amide bonds. The van der Waals surface area contributed by atoms with Crippen molar-refractivity contribution in [3.8, 4) is 17.0 Å². The molecule has 0 spiro atoms. The van der Waals surface area contributed by atoms with E-state index in [2.05, 4.69) is 27.3 Å². The number of nitrogens with zero attached hydrogens (tertiary/aromatic N) is 4. The van der Waals surface area contributed by atoms with Crippen molar-refractivity contribution >= 4 is 29.3 Å². The van der Waals surface area contributed by atoms with Crippen LogP contribution in [0, 0.1) is 0 Å². The molecule has 31 heavy (non-hydrogen) atoms. The van der Waals surface area contributed by atoms with Gasteiger partial charge in [-0.05, 0) is 36.9 Å². The van der Waals surface area contributed by atoms with Crippen LogP contribution in [0.5, 0.6) is 5.75 Å². The van der Waals surface area contributed by atoms with Crippen molar-refractivity contribution in [2.75, 3.05) is 12.8 Å². The van der Waals surface area contributed by atoms with E-state index in [0.29, 0.717) is 34.6 Å². The number of rotatable bonds is 7. The number of aromatic nitrogens is 4. The molecule has 1 aromatic carbocycles. The quantitative estimate of drug-likeness (QED) is 0.427. The molecule has 1 aliphatic rings. The summed E-state index contributed by atoms with van der Waals surface area (Å²) < 4.78 is 7.65. The van der Waals surface area contributed by atoms with Gasteiger partial charge in [-0.15, -0.1) is 0 Å². The number of thioether (sulfide) groups is 1. The average Bonchev–Trinajstić information content (AvgIpc) is 3.35. The highest BCUT2D eigenvalue weighted by atomic mass is 35.5. The van der Waals surface area contributed by atoms with E-state index in [4.69, 9.17) is 16.3 Å². The average molecular weight is 458 g/mol. The largest absolute Gasteiger partial charge is 0.486 e. The number of carbonyl (C=O) groups excluding carboxylic acids is 1. The van der Waals surface area contributed by atoms with Gasteiger partial charge in [0.05, 0.1) is 23.0 Å². The van der Waals surface area contributed by atoms with E-state index in [0.717, 1.165) is 35.4 Å². The van der Waals surface area contributed by atoms with E-state index in [1.54, 1.807) is 17.9 Å². The molecule has 1 N–H and O–H groups in total. The van der Waals surface area contributed by atoms with E-state index in [1.165, 1.54) is 11.8 Å². The second-order valence-corrected chi connectivity index (χ2v) is 8.60. The standard InChI is InChI=1S/C22H24ClN5O2S/c1-4-5-15-11-19(28(2)27-15)21(29)25-12-16-9-14-8-13(10-17(23)20(14)30-16)18-6-7-24-22(26-18)31-3/h6-8,10-11,16H,4-5,9,12H2,1-3H3,(H,25,29). The highest BCUT2D eigenvalue weighted by molar-refractivity contribution is 7.98. The Balaban J connectivity index is 1.44.